The summed E-state index contributed by atoms with van der Waals surface area (Å²) in [5, 5.41) is 0. The van der Waals surface area contributed by atoms with E-state index in [1.54, 1.807) is 11.3 Å². The highest BCUT2D eigenvalue weighted by atomic mass is 79.9. The van der Waals surface area contributed by atoms with Crippen molar-refractivity contribution in [2.75, 3.05) is 0 Å². The maximum absolute atomic E-state index is 5.98. The highest BCUT2D eigenvalue weighted by Gasteiger charge is 2.06. The molecule has 0 aromatic carbocycles. The van der Waals surface area contributed by atoms with Gasteiger partial charge in [0.15, 0.2) is 0 Å². The number of rotatable bonds is 4. The molecule has 0 bridgehead atoms. The van der Waals surface area contributed by atoms with Crippen molar-refractivity contribution in [2.45, 2.75) is 32.2 Å². The Hall–Kier alpha value is 0.140. The van der Waals surface area contributed by atoms with Gasteiger partial charge in [0, 0.05) is 10.9 Å². The van der Waals surface area contributed by atoms with Crippen molar-refractivity contribution in [1.82, 2.24) is 0 Å². The lowest BCUT2D eigenvalue weighted by Crippen LogP contribution is -2.07. The van der Waals surface area contributed by atoms with Crippen LogP contribution in [0.2, 0.25) is 0 Å². The van der Waals surface area contributed by atoms with E-state index in [4.69, 9.17) is 5.73 Å². The molecule has 1 aromatic rings. The Kier molecular flexibility index (Phi) is 4.26. The van der Waals surface area contributed by atoms with Crippen LogP contribution in [-0.4, -0.2) is 0 Å². The minimum absolute atomic E-state index is 0.237. The van der Waals surface area contributed by atoms with E-state index in [0.717, 1.165) is 6.42 Å². The third kappa shape index (κ3) is 2.88. The van der Waals surface area contributed by atoms with Gasteiger partial charge in [0.05, 0.1) is 3.79 Å². The lowest BCUT2D eigenvalue weighted by molar-refractivity contribution is 0.611. The Labute approximate surface area is 86.1 Å². The summed E-state index contributed by atoms with van der Waals surface area (Å²) in [5.41, 5.74) is 5.98. The number of hydrogen-bond acceptors (Lipinski definition) is 2. The SMILES string of the molecule is CCCC[C@@H](N)c1ccc(Br)s1. The van der Waals surface area contributed by atoms with Crippen molar-refractivity contribution in [2.24, 2.45) is 5.73 Å². The molecule has 1 atom stereocenters. The topological polar surface area (TPSA) is 26.0 Å². The maximum atomic E-state index is 5.98. The fourth-order valence-electron chi connectivity index (χ4n) is 1.09. The molecule has 0 radical (unpaired) electrons. The molecule has 1 heterocycles. The quantitative estimate of drug-likeness (QED) is 0.863. The van der Waals surface area contributed by atoms with Gasteiger partial charge in [-0.1, -0.05) is 19.8 Å². The van der Waals surface area contributed by atoms with E-state index in [9.17, 15) is 0 Å². The molecular formula is C9H14BrNS. The van der Waals surface area contributed by atoms with Gasteiger partial charge in [0.25, 0.3) is 0 Å². The van der Waals surface area contributed by atoms with Gasteiger partial charge in [-0.05, 0) is 34.5 Å². The molecular weight excluding hydrogens is 234 g/mol. The van der Waals surface area contributed by atoms with Crippen LogP contribution in [0.25, 0.3) is 0 Å². The summed E-state index contributed by atoms with van der Waals surface area (Å²) in [6.45, 7) is 2.19. The Bertz CT molecular complexity index is 234. The number of thiophene rings is 1. The molecule has 1 rings (SSSR count). The van der Waals surface area contributed by atoms with E-state index in [2.05, 4.69) is 35.0 Å². The van der Waals surface area contributed by atoms with E-state index in [0.29, 0.717) is 0 Å². The standard InChI is InChI=1S/C9H14BrNS/c1-2-3-4-7(11)8-5-6-9(10)12-8/h5-7H,2-4,11H2,1H3/t7-/m1/s1. The van der Waals surface area contributed by atoms with Gasteiger partial charge in [0.1, 0.15) is 0 Å². The zero-order valence-corrected chi connectivity index (χ0v) is 9.62. The minimum atomic E-state index is 0.237. The first-order valence-corrected chi connectivity index (χ1v) is 5.85. The van der Waals surface area contributed by atoms with Gasteiger partial charge in [-0.2, -0.15) is 0 Å². The smallest absolute Gasteiger partial charge is 0.0701 e. The second-order valence-corrected chi connectivity index (χ2v) is 5.39. The third-order valence-corrected chi connectivity index (χ3v) is 3.58. The van der Waals surface area contributed by atoms with E-state index in [1.165, 1.54) is 21.5 Å². The van der Waals surface area contributed by atoms with Crippen molar-refractivity contribution >= 4 is 27.3 Å². The fraction of sp³-hybridized carbons (Fsp3) is 0.556. The van der Waals surface area contributed by atoms with Gasteiger partial charge in [0.2, 0.25) is 0 Å². The molecule has 1 nitrogen and oxygen atoms in total. The van der Waals surface area contributed by atoms with Crippen molar-refractivity contribution in [3.8, 4) is 0 Å². The van der Waals surface area contributed by atoms with E-state index in [-0.39, 0.29) is 6.04 Å². The summed E-state index contributed by atoms with van der Waals surface area (Å²) in [7, 11) is 0. The van der Waals surface area contributed by atoms with E-state index < -0.39 is 0 Å². The highest BCUT2D eigenvalue weighted by molar-refractivity contribution is 9.11. The molecule has 2 N–H and O–H groups in total. The van der Waals surface area contributed by atoms with Gasteiger partial charge in [-0.15, -0.1) is 11.3 Å². The van der Waals surface area contributed by atoms with Crippen LogP contribution >= 0.6 is 27.3 Å². The number of unbranched alkanes of at least 4 members (excludes halogenated alkanes) is 1. The summed E-state index contributed by atoms with van der Waals surface area (Å²) < 4.78 is 1.17. The molecule has 0 saturated carbocycles. The van der Waals surface area contributed by atoms with Gasteiger partial charge >= 0.3 is 0 Å². The maximum Gasteiger partial charge on any atom is 0.0701 e. The second kappa shape index (κ2) is 5.00. The van der Waals surface area contributed by atoms with Crippen molar-refractivity contribution in [3.05, 3.63) is 20.8 Å². The first-order valence-electron chi connectivity index (χ1n) is 4.25. The molecule has 68 valence electrons. The van der Waals surface area contributed by atoms with Gasteiger partial charge in [-0.25, -0.2) is 0 Å². The van der Waals surface area contributed by atoms with Crippen LogP contribution in [0.4, 0.5) is 0 Å². The molecule has 0 fully saturated rings. The predicted molar refractivity (Wildman–Crippen MR) is 58.5 cm³/mol. The summed E-state index contributed by atoms with van der Waals surface area (Å²) in [6, 6.07) is 4.40. The number of halogens is 1. The van der Waals surface area contributed by atoms with Crippen LogP contribution < -0.4 is 5.73 Å². The first-order chi connectivity index (χ1) is 5.74. The van der Waals surface area contributed by atoms with Crippen LogP contribution in [0, 0.1) is 0 Å². The van der Waals surface area contributed by atoms with Crippen molar-refractivity contribution < 1.29 is 0 Å². The molecule has 0 aliphatic rings. The first kappa shape index (κ1) is 10.2. The molecule has 0 amide bonds. The largest absolute Gasteiger partial charge is 0.323 e. The summed E-state index contributed by atoms with van der Waals surface area (Å²) in [5.74, 6) is 0. The molecule has 0 unspecified atom stereocenters. The third-order valence-electron chi connectivity index (χ3n) is 1.83. The predicted octanol–water partition coefficient (Wildman–Crippen LogP) is 3.70. The average molecular weight is 248 g/mol. The molecule has 3 heteroatoms. The normalized spacial score (nSPS) is 13.2. The van der Waals surface area contributed by atoms with Gasteiger partial charge < -0.3 is 5.73 Å². The Balaban J connectivity index is 2.47. The molecule has 0 spiro atoms. The fourth-order valence-corrected chi connectivity index (χ4v) is 2.55. The summed E-state index contributed by atoms with van der Waals surface area (Å²) >= 11 is 5.17. The van der Waals surface area contributed by atoms with Crippen LogP contribution in [0.5, 0.6) is 0 Å². The zero-order valence-electron chi connectivity index (χ0n) is 7.22. The van der Waals surface area contributed by atoms with E-state index >= 15 is 0 Å². The Morgan fingerprint density at radius 1 is 1.58 bits per heavy atom. The minimum Gasteiger partial charge on any atom is -0.323 e. The number of nitrogens with two attached hydrogens (primary N) is 1. The highest BCUT2D eigenvalue weighted by Crippen LogP contribution is 2.28. The van der Waals surface area contributed by atoms with Crippen LogP contribution in [-0.2, 0) is 0 Å². The molecule has 0 saturated heterocycles. The molecule has 0 aliphatic heterocycles. The zero-order chi connectivity index (χ0) is 8.97. The van der Waals surface area contributed by atoms with Gasteiger partial charge in [-0.3, -0.25) is 0 Å². The molecule has 12 heavy (non-hydrogen) atoms. The number of hydrogen-bond donors (Lipinski definition) is 1. The average Bonchev–Trinajstić information content (AvgIpc) is 2.47. The molecule has 0 aliphatic carbocycles. The molecule has 1 aromatic heterocycles. The second-order valence-electron chi connectivity index (χ2n) is 2.89. The lowest BCUT2D eigenvalue weighted by atomic mass is 10.1. The van der Waals surface area contributed by atoms with E-state index in [1.807, 2.05) is 0 Å². The lowest BCUT2D eigenvalue weighted by Gasteiger charge is -2.07. The van der Waals surface area contributed by atoms with Crippen molar-refractivity contribution in [1.29, 1.82) is 0 Å². The summed E-state index contributed by atoms with van der Waals surface area (Å²) in [6.07, 6.45) is 3.54. The van der Waals surface area contributed by atoms with Crippen LogP contribution in [0.15, 0.2) is 15.9 Å². The van der Waals surface area contributed by atoms with Crippen molar-refractivity contribution in [3.63, 3.8) is 0 Å². The monoisotopic (exact) mass is 247 g/mol. The van der Waals surface area contributed by atoms with Crippen LogP contribution in [0.3, 0.4) is 0 Å². The van der Waals surface area contributed by atoms with Crippen LogP contribution in [0.1, 0.15) is 37.1 Å². The Morgan fingerprint density at radius 3 is 2.83 bits per heavy atom. The summed E-state index contributed by atoms with van der Waals surface area (Å²) in [4.78, 5) is 1.29. The Morgan fingerprint density at radius 2 is 2.33 bits per heavy atom.